The highest BCUT2D eigenvalue weighted by atomic mass is 16.5. The first-order chi connectivity index (χ1) is 15.6. The lowest BCUT2D eigenvalue weighted by atomic mass is 10.0. The molecule has 32 heavy (non-hydrogen) atoms. The normalized spacial score (nSPS) is 12.0. The number of rotatable bonds is 6. The molecule has 0 amide bonds. The molecule has 7 heteroatoms. The summed E-state index contributed by atoms with van der Waals surface area (Å²) in [5, 5.41) is 11.0. The summed E-state index contributed by atoms with van der Waals surface area (Å²) in [6.45, 7) is 10.8. The zero-order valence-corrected chi connectivity index (χ0v) is 19.6. The molecule has 172 valence electrons. The minimum Gasteiger partial charge on any atom is -0.493 e. The molecule has 0 saturated heterocycles. The van der Waals surface area contributed by atoms with Crippen LogP contribution in [0.15, 0.2) is 35.1 Å². The number of pyridine rings is 2. The average molecular weight is 441 g/mol. The SMILES string of the molecule is CC.CC.CCOc1cccc2nc3c(cc12)Cn1c-3cc(C(O)C=O)c(COC)c1=O. The lowest BCUT2D eigenvalue weighted by Crippen LogP contribution is -2.26. The quantitative estimate of drug-likeness (QED) is 0.451. The van der Waals surface area contributed by atoms with Gasteiger partial charge in [-0.25, -0.2) is 4.98 Å². The monoisotopic (exact) mass is 440 g/mol. The van der Waals surface area contributed by atoms with E-state index in [0.29, 0.717) is 30.8 Å². The Balaban J connectivity index is 0.000000860. The van der Waals surface area contributed by atoms with Crippen LogP contribution >= 0.6 is 0 Å². The summed E-state index contributed by atoms with van der Waals surface area (Å²) in [6, 6.07) is 9.30. The first-order valence-corrected chi connectivity index (χ1v) is 11.0. The van der Waals surface area contributed by atoms with E-state index in [2.05, 4.69) is 0 Å². The molecule has 0 radical (unpaired) electrons. The molecule has 0 spiro atoms. The third-order valence-electron chi connectivity index (χ3n) is 4.94. The summed E-state index contributed by atoms with van der Waals surface area (Å²) >= 11 is 0. The molecular weight excluding hydrogens is 408 g/mol. The van der Waals surface area contributed by atoms with Crippen molar-refractivity contribution in [2.75, 3.05) is 13.7 Å². The van der Waals surface area contributed by atoms with Gasteiger partial charge in [-0.15, -0.1) is 0 Å². The van der Waals surface area contributed by atoms with Crippen LogP contribution in [0.1, 0.15) is 57.4 Å². The number of carbonyl (C=O) groups is 1. The Labute approximate surface area is 188 Å². The highest BCUT2D eigenvalue weighted by Crippen LogP contribution is 2.35. The molecule has 1 N–H and O–H groups in total. The predicted octanol–water partition coefficient (Wildman–Crippen LogP) is 4.26. The zero-order chi connectivity index (χ0) is 23.8. The summed E-state index contributed by atoms with van der Waals surface area (Å²) in [6.07, 6.45) is -0.985. The highest BCUT2D eigenvalue weighted by Gasteiger charge is 2.27. The van der Waals surface area contributed by atoms with E-state index in [-0.39, 0.29) is 23.3 Å². The standard InChI is InChI=1S/C21H20N2O5.2C2H6/c1-3-28-19-6-4-5-16-14(19)7-12-9-23-17(20(12)22-16)8-13(18(25)10-24)15(11-27-2)21(23)26;2*1-2/h4-8,10,18,25H,3,9,11H2,1-2H3;2*1-2H3. The number of aromatic nitrogens is 2. The van der Waals surface area contributed by atoms with Crippen LogP contribution in [0, 0.1) is 0 Å². The number of aliphatic hydroxyl groups excluding tert-OH is 1. The van der Waals surface area contributed by atoms with Crippen molar-refractivity contribution < 1.29 is 19.4 Å². The fourth-order valence-corrected chi connectivity index (χ4v) is 3.69. The van der Waals surface area contributed by atoms with Crippen LogP contribution in [0.4, 0.5) is 0 Å². The van der Waals surface area contributed by atoms with E-state index in [9.17, 15) is 14.7 Å². The number of hydrogen-bond donors (Lipinski definition) is 1. The number of ether oxygens (including phenoxy) is 2. The van der Waals surface area contributed by atoms with Crippen molar-refractivity contribution in [2.45, 2.75) is 53.9 Å². The van der Waals surface area contributed by atoms with Crippen molar-refractivity contribution in [1.29, 1.82) is 0 Å². The topological polar surface area (TPSA) is 90.7 Å². The number of fused-ring (bicyclic) bond motifs is 4. The maximum atomic E-state index is 13.0. The van der Waals surface area contributed by atoms with Crippen LogP contribution in [0.5, 0.6) is 5.75 Å². The van der Waals surface area contributed by atoms with E-state index < -0.39 is 6.10 Å². The van der Waals surface area contributed by atoms with Crippen LogP contribution < -0.4 is 10.3 Å². The van der Waals surface area contributed by atoms with Crippen LogP contribution in [-0.2, 0) is 22.7 Å². The third kappa shape index (κ3) is 4.59. The van der Waals surface area contributed by atoms with E-state index in [1.54, 1.807) is 10.6 Å². The number of nitrogens with zero attached hydrogens (tertiary/aromatic N) is 2. The van der Waals surface area contributed by atoms with Crippen molar-refractivity contribution in [3.63, 3.8) is 0 Å². The van der Waals surface area contributed by atoms with Crippen LogP contribution in [0.3, 0.4) is 0 Å². The molecule has 1 aliphatic heterocycles. The second-order valence-electron chi connectivity index (χ2n) is 6.62. The second kappa shape index (κ2) is 11.5. The molecule has 0 fully saturated rings. The van der Waals surface area contributed by atoms with Crippen LogP contribution in [0.25, 0.3) is 22.3 Å². The Morgan fingerprint density at radius 1 is 1.22 bits per heavy atom. The zero-order valence-electron chi connectivity index (χ0n) is 19.6. The summed E-state index contributed by atoms with van der Waals surface area (Å²) in [7, 11) is 1.46. The second-order valence-corrected chi connectivity index (χ2v) is 6.62. The van der Waals surface area contributed by atoms with Crippen molar-refractivity contribution in [3.8, 4) is 17.1 Å². The van der Waals surface area contributed by atoms with E-state index >= 15 is 0 Å². The Bertz CT molecular complexity index is 1140. The van der Waals surface area contributed by atoms with Gasteiger partial charge in [-0.05, 0) is 31.2 Å². The Morgan fingerprint density at radius 2 is 1.94 bits per heavy atom. The average Bonchev–Trinajstić information content (AvgIpc) is 3.20. The molecule has 1 aliphatic rings. The Hall–Kier alpha value is -3.03. The molecule has 0 bridgehead atoms. The van der Waals surface area contributed by atoms with Crippen molar-refractivity contribution in [2.24, 2.45) is 0 Å². The number of aldehydes is 1. The number of aliphatic hydroxyl groups is 1. The van der Waals surface area contributed by atoms with Gasteiger partial charge in [-0.3, -0.25) is 4.79 Å². The fraction of sp³-hybridized carbons (Fsp3) is 0.400. The summed E-state index contributed by atoms with van der Waals surface area (Å²) in [4.78, 5) is 28.9. The highest BCUT2D eigenvalue weighted by molar-refractivity contribution is 5.89. The molecule has 0 aliphatic carbocycles. The lowest BCUT2D eigenvalue weighted by molar-refractivity contribution is -0.115. The maximum Gasteiger partial charge on any atom is 0.257 e. The Kier molecular flexibility index (Phi) is 9.11. The minimum atomic E-state index is -1.39. The number of hydrogen-bond acceptors (Lipinski definition) is 6. The minimum absolute atomic E-state index is 0.0135. The molecule has 0 saturated carbocycles. The van der Waals surface area contributed by atoms with Gasteiger partial charge in [0.15, 0.2) is 6.29 Å². The van der Waals surface area contributed by atoms with E-state index in [4.69, 9.17) is 14.5 Å². The molecule has 4 rings (SSSR count). The van der Waals surface area contributed by atoms with Gasteiger partial charge < -0.3 is 23.9 Å². The first kappa shape index (κ1) is 25.2. The van der Waals surface area contributed by atoms with Gasteiger partial charge >= 0.3 is 0 Å². The van der Waals surface area contributed by atoms with Gasteiger partial charge in [0, 0.05) is 29.2 Å². The first-order valence-electron chi connectivity index (χ1n) is 11.0. The summed E-state index contributed by atoms with van der Waals surface area (Å²) in [5.41, 5.74) is 3.13. The molecule has 1 aromatic carbocycles. The number of methoxy groups -OCH3 is 1. The summed E-state index contributed by atoms with van der Waals surface area (Å²) < 4.78 is 12.4. The van der Waals surface area contributed by atoms with Gasteiger partial charge in [-0.1, -0.05) is 33.8 Å². The fourth-order valence-electron chi connectivity index (χ4n) is 3.69. The predicted molar refractivity (Wildman–Crippen MR) is 126 cm³/mol. The maximum absolute atomic E-state index is 13.0. The molecule has 3 aromatic rings. The largest absolute Gasteiger partial charge is 0.493 e. The molecule has 3 heterocycles. The van der Waals surface area contributed by atoms with Gasteiger partial charge in [-0.2, -0.15) is 0 Å². The van der Waals surface area contributed by atoms with E-state index in [1.807, 2.05) is 58.9 Å². The lowest BCUT2D eigenvalue weighted by Gasteiger charge is -2.14. The van der Waals surface area contributed by atoms with E-state index in [0.717, 1.165) is 22.2 Å². The van der Waals surface area contributed by atoms with Crippen LogP contribution in [0.2, 0.25) is 0 Å². The van der Waals surface area contributed by atoms with Crippen molar-refractivity contribution >= 4 is 17.2 Å². The molecule has 2 aromatic heterocycles. The van der Waals surface area contributed by atoms with Crippen molar-refractivity contribution in [3.05, 3.63) is 57.4 Å². The molecule has 7 nitrogen and oxygen atoms in total. The van der Waals surface area contributed by atoms with E-state index in [1.165, 1.54) is 7.11 Å². The number of carbonyl (C=O) groups excluding carboxylic acids is 1. The van der Waals surface area contributed by atoms with Crippen molar-refractivity contribution in [1.82, 2.24) is 9.55 Å². The van der Waals surface area contributed by atoms with Gasteiger partial charge in [0.2, 0.25) is 0 Å². The molecule has 1 unspecified atom stereocenters. The number of benzene rings is 1. The smallest absolute Gasteiger partial charge is 0.257 e. The van der Waals surface area contributed by atoms with Gasteiger partial charge in [0.25, 0.3) is 5.56 Å². The summed E-state index contributed by atoms with van der Waals surface area (Å²) in [5.74, 6) is 0.746. The third-order valence-corrected chi connectivity index (χ3v) is 4.94. The molecular formula is C25H32N2O5. The molecule has 1 atom stereocenters. The Morgan fingerprint density at radius 3 is 2.56 bits per heavy atom. The van der Waals surface area contributed by atoms with Crippen LogP contribution in [-0.4, -0.2) is 34.7 Å². The van der Waals surface area contributed by atoms with Gasteiger partial charge in [0.1, 0.15) is 11.9 Å². The van der Waals surface area contributed by atoms with Gasteiger partial charge in [0.05, 0.1) is 36.7 Å².